The van der Waals surface area contributed by atoms with E-state index < -0.39 is 59.2 Å². The van der Waals surface area contributed by atoms with Crippen molar-refractivity contribution >= 4 is 74.8 Å². The molecule has 0 saturated heterocycles. The highest BCUT2D eigenvalue weighted by molar-refractivity contribution is 7.05. The van der Waals surface area contributed by atoms with Crippen LogP contribution in [-0.4, -0.2) is 65.4 Å². The van der Waals surface area contributed by atoms with Crippen molar-refractivity contribution in [3.05, 3.63) is 128 Å². The first kappa shape index (κ1) is 40.6. The van der Waals surface area contributed by atoms with Gasteiger partial charge in [0.25, 0.3) is 0 Å². The van der Waals surface area contributed by atoms with Crippen LogP contribution in [-0.2, 0) is 25.0 Å². The Bertz CT molecular complexity index is 1460. The second kappa shape index (κ2) is 16.0. The minimum absolute atomic E-state index is 0.196. The Hall–Kier alpha value is -1.84. The number of hydrogen-bond acceptors (Lipinski definition) is 6. The van der Waals surface area contributed by atoms with E-state index in [0.717, 1.165) is 15.6 Å². The Kier molecular flexibility index (Phi) is 13.5. The zero-order valence-electron chi connectivity index (χ0n) is 30.7. The Morgan fingerprint density at radius 1 is 0.438 bits per heavy atom. The van der Waals surface area contributed by atoms with Crippen molar-refractivity contribution in [1.82, 2.24) is 0 Å². The maximum atomic E-state index is 7.96. The Labute approximate surface area is 297 Å². The standard InChI is InChI=1S/C35H56O6Si7/c1-14-42(4,5)37-45(10,11)36-32-47(33-26-20-17-21-27-33,40-46(12,13)38-43(6,7)15-2)41-48(39-44(8,9)16-3,34-28-22-18-23-29-34)35-30-24-19-25-31-35/h14-31H,1-3,32H2,4-13H3. The smallest absolute Gasteiger partial charge is 0.388 e. The lowest BCUT2D eigenvalue weighted by Crippen LogP contribution is -2.76. The summed E-state index contributed by atoms with van der Waals surface area (Å²) in [4.78, 5) is 0. The molecule has 6 nitrogen and oxygen atoms in total. The summed E-state index contributed by atoms with van der Waals surface area (Å²) < 4.78 is 43.6. The highest BCUT2D eigenvalue weighted by atomic mass is 28.5. The first-order valence-electron chi connectivity index (χ1n) is 16.5. The molecule has 3 aromatic rings. The molecule has 0 aliphatic rings. The fourth-order valence-corrected chi connectivity index (χ4v) is 34.3. The molecule has 13 heteroatoms. The van der Waals surface area contributed by atoms with Gasteiger partial charge in [-0.25, -0.2) is 0 Å². The molecular formula is C35H56O6Si7. The maximum absolute atomic E-state index is 7.96. The van der Waals surface area contributed by atoms with Gasteiger partial charge in [0.15, 0.2) is 16.6 Å². The van der Waals surface area contributed by atoms with Gasteiger partial charge in [-0.3, -0.25) is 0 Å². The average molecular weight is 769 g/mol. The molecule has 1 atom stereocenters. The Morgan fingerprint density at radius 2 is 0.792 bits per heavy atom. The molecule has 0 fully saturated rings. The summed E-state index contributed by atoms with van der Waals surface area (Å²) in [7, 11) is -19.8. The van der Waals surface area contributed by atoms with Crippen molar-refractivity contribution in [3.63, 3.8) is 0 Å². The lowest BCUT2D eigenvalue weighted by molar-refractivity contribution is 0.231. The van der Waals surface area contributed by atoms with Gasteiger partial charge in [-0.1, -0.05) is 108 Å². The van der Waals surface area contributed by atoms with Gasteiger partial charge in [-0.2, -0.15) is 0 Å². The van der Waals surface area contributed by atoms with Crippen molar-refractivity contribution in [2.75, 3.05) is 6.23 Å². The van der Waals surface area contributed by atoms with Crippen molar-refractivity contribution < 1.29 is 25.0 Å². The van der Waals surface area contributed by atoms with Crippen LogP contribution in [0.5, 0.6) is 0 Å². The van der Waals surface area contributed by atoms with E-state index in [-0.39, 0.29) is 6.23 Å². The fourth-order valence-electron chi connectivity index (χ4n) is 5.42. The molecule has 0 aromatic heterocycles. The first-order valence-corrected chi connectivity index (χ1v) is 34.9. The van der Waals surface area contributed by atoms with Crippen LogP contribution < -0.4 is 15.6 Å². The molecule has 48 heavy (non-hydrogen) atoms. The van der Waals surface area contributed by atoms with Crippen molar-refractivity contribution in [2.45, 2.75) is 65.5 Å². The lowest BCUT2D eigenvalue weighted by atomic mass is 10.4. The SMILES string of the molecule is C=C[Si](C)(C)O[Si](C)(C)OC[Si](O[Si](C)(C)O[Si](C)(C)C=C)(O[Si](O[Si](C)(C)C=C)(c1ccccc1)c1ccccc1)c1ccccc1. The first-order chi connectivity index (χ1) is 22.2. The van der Waals surface area contributed by atoms with E-state index in [0.29, 0.717) is 0 Å². The van der Waals surface area contributed by atoms with Gasteiger partial charge in [0.05, 0.1) is 6.23 Å². The Balaban J connectivity index is 2.41. The zero-order chi connectivity index (χ0) is 35.9. The highest BCUT2D eigenvalue weighted by Gasteiger charge is 2.58. The molecule has 0 bridgehead atoms. The minimum atomic E-state index is -3.66. The summed E-state index contributed by atoms with van der Waals surface area (Å²) in [5.41, 5.74) is 5.87. The molecule has 0 amide bonds. The Morgan fingerprint density at radius 3 is 1.19 bits per heavy atom. The second-order valence-electron chi connectivity index (χ2n) is 14.5. The van der Waals surface area contributed by atoms with E-state index >= 15 is 0 Å². The van der Waals surface area contributed by atoms with Crippen LogP contribution in [0, 0.1) is 0 Å². The summed E-state index contributed by atoms with van der Waals surface area (Å²) >= 11 is 0. The second-order valence-corrected chi connectivity index (χ2v) is 40.1. The number of hydrogen-bond donors (Lipinski definition) is 0. The van der Waals surface area contributed by atoms with Crippen molar-refractivity contribution in [2.24, 2.45) is 0 Å². The average Bonchev–Trinajstić information content (AvgIpc) is 3.03. The third kappa shape index (κ3) is 11.1. The molecule has 0 radical (unpaired) electrons. The topological polar surface area (TPSA) is 55.4 Å². The number of benzene rings is 3. The van der Waals surface area contributed by atoms with Crippen LogP contribution in [0.4, 0.5) is 0 Å². The van der Waals surface area contributed by atoms with Crippen LogP contribution in [0.3, 0.4) is 0 Å². The fraction of sp³-hybridized carbons (Fsp3) is 0.314. The van der Waals surface area contributed by atoms with Crippen LogP contribution in [0.15, 0.2) is 128 Å². The van der Waals surface area contributed by atoms with Crippen LogP contribution in [0.25, 0.3) is 0 Å². The van der Waals surface area contributed by atoms with Crippen molar-refractivity contribution in [3.8, 4) is 0 Å². The van der Waals surface area contributed by atoms with Gasteiger partial charge in [0.1, 0.15) is 0 Å². The third-order valence-electron chi connectivity index (χ3n) is 7.75. The summed E-state index contributed by atoms with van der Waals surface area (Å²) in [5, 5.41) is 2.93. The van der Waals surface area contributed by atoms with Crippen LogP contribution in [0.1, 0.15) is 0 Å². The largest absolute Gasteiger partial charge is 0.433 e. The van der Waals surface area contributed by atoms with Gasteiger partial charge in [-0.05, 0) is 81.0 Å². The quantitative estimate of drug-likeness (QED) is 0.118. The zero-order valence-corrected chi connectivity index (χ0v) is 37.7. The van der Waals surface area contributed by atoms with E-state index in [4.69, 9.17) is 25.0 Å². The molecule has 0 aliphatic heterocycles. The van der Waals surface area contributed by atoms with E-state index in [2.05, 4.69) is 122 Å². The number of rotatable bonds is 19. The summed E-state index contributed by atoms with van der Waals surface area (Å²) in [6.07, 6.45) is 0.196. The molecule has 260 valence electrons. The van der Waals surface area contributed by atoms with Crippen molar-refractivity contribution in [1.29, 1.82) is 0 Å². The molecule has 0 aliphatic carbocycles. The molecular weight excluding hydrogens is 713 g/mol. The molecule has 3 rings (SSSR count). The van der Waals surface area contributed by atoms with Gasteiger partial charge in [0.2, 0.25) is 8.32 Å². The van der Waals surface area contributed by atoms with Gasteiger partial charge < -0.3 is 25.0 Å². The monoisotopic (exact) mass is 768 g/mol. The summed E-state index contributed by atoms with van der Waals surface area (Å²) in [6.45, 7) is 33.6. The van der Waals surface area contributed by atoms with Gasteiger partial charge >= 0.3 is 34.2 Å². The highest BCUT2D eigenvalue weighted by Crippen LogP contribution is 2.29. The van der Waals surface area contributed by atoms with Crippen LogP contribution in [0.2, 0.25) is 65.5 Å². The molecule has 0 saturated carbocycles. The van der Waals surface area contributed by atoms with Crippen LogP contribution >= 0.6 is 0 Å². The maximum Gasteiger partial charge on any atom is 0.388 e. The molecule has 0 N–H and O–H groups in total. The van der Waals surface area contributed by atoms with E-state index in [9.17, 15) is 0 Å². The van der Waals surface area contributed by atoms with Gasteiger partial charge in [0, 0.05) is 0 Å². The minimum Gasteiger partial charge on any atom is -0.433 e. The van der Waals surface area contributed by atoms with E-state index in [1.807, 2.05) is 71.7 Å². The summed E-state index contributed by atoms with van der Waals surface area (Å²) in [5.74, 6) is 0. The predicted octanol–water partition coefficient (Wildman–Crippen LogP) is 7.43. The van der Waals surface area contributed by atoms with Gasteiger partial charge in [-0.15, -0.1) is 19.7 Å². The molecule has 3 aromatic carbocycles. The normalized spacial score (nSPS) is 14.6. The van der Waals surface area contributed by atoms with E-state index in [1.165, 1.54) is 0 Å². The molecule has 0 heterocycles. The summed E-state index contributed by atoms with van der Waals surface area (Å²) in [6, 6.07) is 31.0. The molecule has 1 unspecified atom stereocenters. The lowest BCUT2D eigenvalue weighted by Gasteiger charge is -2.47. The third-order valence-corrected chi connectivity index (χ3v) is 32.9. The van der Waals surface area contributed by atoms with E-state index in [1.54, 1.807) is 0 Å². The predicted molar refractivity (Wildman–Crippen MR) is 219 cm³/mol. The molecule has 0 spiro atoms.